The molecule has 0 saturated heterocycles. The van der Waals surface area contributed by atoms with Crippen LogP contribution in [0.25, 0.3) is 0 Å². The lowest BCUT2D eigenvalue weighted by Crippen LogP contribution is -2.33. The van der Waals surface area contributed by atoms with E-state index in [0.717, 1.165) is 24.3 Å². The molecule has 2 aromatic rings. The van der Waals surface area contributed by atoms with Crippen molar-refractivity contribution in [2.75, 3.05) is 48.8 Å². The number of benzene rings is 1. The lowest BCUT2D eigenvalue weighted by molar-refractivity contribution is 0.0989. The largest absolute Gasteiger partial charge is 0.357 e. The summed E-state index contributed by atoms with van der Waals surface area (Å²) in [6.45, 7) is 4.80. The van der Waals surface area contributed by atoms with Crippen molar-refractivity contribution in [3.05, 3.63) is 41.6 Å². The highest BCUT2D eigenvalue weighted by molar-refractivity contribution is 6.09. The van der Waals surface area contributed by atoms with Crippen LogP contribution in [0, 0.1) is 0 Å². The molecule has 0 atom stereocenters. The maximum atomic E-state index is 13.1. The van der Waals surface area contributed by atoms with Gasteiger partial charge in [-0.2, -0.15) is 4.98 Å². The van der Waals surface area contributed by atoms with Gasteiger partial charge in [-0.1, -0.05) is 12.1 Å². The molecule has 1 aromatic heterocycles. The average molecular weight is 340 g/mol. The third-order valence-corrected chi connectivity index (χ3v) is 4.20. The van der Waals surface area contributed by atoms with Gasteiger partial charge < -0.3 is 20.4 Å². The van der Waals surface area contributed by atoms with E-state index in [4.69, 9.17) is 0 Å². The highest BCUT2D eigenvalue weighted by Crippen LogP contribution is 2.26. The summed E-state index contributed by atoms with van der Waals surface area (Å²) < 4.78 is 0. The predicted octanol–water partition coefficient (Wildman–Crippen LogP) is 1.72. The molecule has 1 aliphatic rings. The van der Waals surface area contributed by atoms with Crippen molar-refractivity contribution in [3.8, 4) is 0 Å². The molecule has 1 aromatic carbocycles. The molecule has 0 aliphatic carbocycles. The molecule has 0 bridgehead atoms. The molecule has 0 saturated carbocycles. The van der Waals surface area contributed by atoms with Crippen molar-refractivity contribution >= 4 is 23.4 Å². The zero-order valence-corrected chi connectivity index (χ0v) is 14.9. The summed E-state index contributed by atoms with van der Waals surface area (Å²) in [5, 5.41) is 6.24. The Morgan fingerprint density at radius 3 is 2.88 bits per heavy atom. The maximum absolute atomic E-state index is 13.1. The SMILES string of the molecule is CCNc1ncc2c(n1)N(C)CCN(c1cccc(CNC)c1)C2=O. The number of nitrogens with zero attached hydrogens (tertiary/aromatic N) is 4. The fourth-order valence-electron chi connectivity index (χ4n) is 2.95. The summed E-state index contributed by atoms with van der Waals surface area (Å²) in [5.74, 6) is 1.15. The van der Waals surface area contributed by atoms with Crippen LogP contribution < -0.4 is 20.4 Å². The molecule has 2 N–H and O–H groups in total. The van der Waals surface area contributed by atoms with Gasteiger partial charge in [-0.15, -0.1) is 0 Å². The number of hydrogen-bond donors (Lipinski definition) is 2. The highest BCUT2D eigenvalue weighted by atomic mass is 16.2. The van der Waals surface area contributed by atoms with E-state index < -0.39 is 0 Å². The van der Waals surface area contributed by atoms with Gasteiger partial charge in [0.05, 0.1) is 0 Å². The Bertz CT molecular complexity index is 763. The third-order valence-electron chi connectivity index (χ3n) is 4.20. The van der Waals surface area contributed by atoms with Gasteiger partial charge in [0.15, 0.2) is 0 Å². The minimum absolute atomic E-state index is 0.0657. The maximum Gasteiger partial charge on any atom is 0.263 e. The summed E-state index contributed by atoms with van der Waals surface area (Å²) in [6.07, 6.45) is 1.62. The van der Waals surface area contributed by atoms with E-state index >= 15 is 0 Å². The summed E-state index contributed by atoms with van der Waals surface area (Å²) in [6, 6.07) is 8.05. The Labute approximate surface area is 148 Å². The third kappa shape index (κ3) is 3.56. The van der Waals surface area contributed by atoms with Crippen molar-refractivity contribution in [3.63, 3.8) is 0 Å². The molecular formula is C18H24N6O. The summed E-state index contributed by atoms with van der Waals surface area (Å²) >= 11 is 0. The van der Waals surface area contributed by atoms with E-state index in [0.29, 0.717) is 30.4 Å². The normalized spacial score (nSPS) is 14.3. The first-order valence-electron chi connectivity index (χ1n) is 8.51. The Morgan fingerprint density at radius 2 is 2.12 bits per heavy atom. The second kappa shape index (κ2) is 7.48. The lowest BCUT2D eigenvalue weighted by Gasteiger charge is -2.21. The monoisotopic (exact) mass is 340 g/mol. The molecular weight excluding hydrogens is 316 g/mol. The number of amides is 1. The van der Waals surface area contributed by atoms with E-state index in [1.165, 1.54) is 0 Å². The van der Waals surface area contributed by atoms with Gasteiger partial charge in [0.1, 0.15) is 11.4 Å². The quantitative estimate of drug-likeness (QED) is 0.863. The Kier molecular flexibility index (Phi) is 5.14. The number of rotatable bonds is 5. The van der Waals surface area contributed by atoms with E-state index in [1.54, 1.807) is 11.1 Å². The first-order valence-corrected chi connectivity index (χ1v) is 8.51. The smallest absolute Gasteiger partial charge is 0.263 e. The minimum Gasteiger partial charge on any atom is -0.357 e. The van der Waals surface area contributed by atoms with Crippen molar-refractivity contribution in [1.82, 2.24) is 15.3 Å². The minimum atomic E-state index is -0.0657. The van der Waals surface area contributed by atoms with Gasteiger partial charge in [-0.3, -0.25) is 4.79 Å². The van der Waals surface area contributed by atoms with Crippen molar-refractivity contribution in [2.45, 2.75) is 13.5 Å². The molecule has 7 nitrogen and oxygen atoms in total. The molecule has 0 fully saturated rings. The Morgan fingerprint density at radius 1 is 1.28 bits per heavy atom. The van der Waals surface area contributed by atoms with Gasteiger partial charge in [0.2, 0.25) is 5.95 Å². The molecule has 1 aliphatic heterocycles. The highest BCUT2D eigenvalue weighted by Gasteiger charge is 2.28. The van der Waals surface area contributed by atoms with Crippen LogP contribution in [-0.2, 0) is 6.54 Å². The summed E-state index contributed by atoms with van der Waals surface area (Å²) in [5.41, 5.74) is 2.57. The standard InChI is InChI=1S/C18H24N6O/c1-4-20-18-21-12-15-16(22-18)23(3)8-9-24(17(15)25)14-7-5-6-13(10-14)11-19-2/h5-7,10,12,19H,4,8-9,11H2,1-3H3,(H,20,21,22). The van der Waals surface area contributed by atoms with Gasteiger partial charge in [0, 0.05) is 45.1 Å². The molecule has 1 amide bonds. The van der Waals surface area contributed by atoms with E-state index in [-0.39, 0.29) is 5.91 Å². The molecule has 0 radical (unpaired) electrons. The number of carbonyl (C=O) groups excluding carboxylic acids is 1. The van der Waals surface area contributed by atoms with Gasteiger partial charge in [-0.05, 0) is 31.7 Å². The van der Waals surface area contributed by atoms with Crippen LogP contribution in [0.2, 0.25) is 0 Å². The second-order valence-electron chi connectivity index (χ2n) is 6.04. The number of nitrogens with one attached hydrogen (secondary N) is 2. The molecule has 2 heterocycles. The lowest BCUT2D eigenvalue weighted by atomic mass is 10.1. The van der Waals surface area contributed by atoms with Crippen LogP contribution in [0.4, 0.5) is 17.5 Å². The van der Waals surface area contributed by atoms with Crippen LogP contribution in [-0.4, -0.2) is 49.6 Å². The fourth-order valence-corrected chi connectivity index (χ4v) is 2.95. The molecule has 0 spiro atoms. The predicted molar refractivity (Wildman–Crippen MR) is 100 cm³/mol. The number of likely N-dealkylation sites (N-methyl/N-ethyl adjacent to an activating group) is 1. The zero-order valence-electron chi connectivity index (χ0n) is 14.9. The molecule has 132 valence electrons. The van der Waals surface area contributed by atoms with Crippen molar-refractivity contribution in [2.24, 2.45) is 0 Å². The first-order chi connectivity index (χ1) is 12.1. The Balaban J connectivity index is 1.96. The summed E-state index contributed by atoms with van der Waals surface area (Å²) in [7, 11) is 3.87. The molecule has 3 rings (SSSR count). The van der Waals surface area contributed by atoms with Crippen LogP contribution >= 0.6 is 0 Å². The van der Waals surface area contributed by atoms with E-state index in [9.17, 15) is 4.79 Å². The number of anilines is 3. The van der Waals surface area contributed by atoms with Crippen LogP contribution in [0.15, 0.2) is 30.5 Å². The first kappa shape index (κ1) is 17.2. The van der Waals surface area contributed by atoms with Crippen LogP contribution in [0.3, 0.4) is 0 Å². The van der Waals surface area contributed by atoms with Crippen LogP contribution in [0.1, 0.15) is 22.8 Å². The number of carbonyl (C=O) groups is 1. The van der Waals surface area contributed by atoms with E-state index in [2.05, 4.69) is 20.6 Å². The number of hydrogen-bond acceptors (Lipinski definition) is 6. The summed E-state index contributed by atoms with van der Waals surface area (Å²) in [4.78, 5) is 25.7. The van der Waals surface area contributed by atoms with Gasteiger partial charge >= 0.3 is 0 Å². The Hall–Kier alpha value is -2.67. The molecule has 0 unspecified atom stereocenters. The molecule has 25 heavy (non-hydrogen) atoms. The van der Waals surface area contributed by atoms with Gasteiger partial charge in [0.25, 0.3) is 5.91 Å². The second-order valence-corrected chi connectivity index (χ2v) is 6.04. The topological polar surface area (TPSA) is 73.4 Å². The fraction of sp³-hybridized carbons (Fsp3) is 0.389. The van der Waals surface area contributed by atoms with E-state index in [1.807, 2.05) is 50.2 Å². The van der Waals surface area contributed by atoms with Gasteiger partial charge in [-0.25, -0.2) is 4.98 Å². The molecule has 7 heteroatoms. The average Bonchev–Trinajstić information content (AvgIpc) is 2.73. The number of aromatic nitrogens is 2. The zero-order chi connectivity index (χ0) is 17.8. The number of fused-ring (bicyclic) bond motifs is 1. The van der Waals surface area contributed by atoms with Crippen LogP contribution in [0.5, 0.6) is 0 Å². The van der Waals surface area contributed by atoms with Crippen molar-refractivity contribution in [1.29, 1.82) is 0 Å². The van der Waals surface area contributed by atoms with Crippen molar-refractivity contribution < 1.29 is 4.79 Å².